The summed E-state index contributed by atoms with van der Waals surface area (Å²) >= 11 is 0. The summed E-state index contributed by atoms with van der Waals surface area (Å²) < 4.78 is 31.6. The molecule has 0 aliphatic heterocycles. The molecular weight excluding hydrogens is 286 g/mol. The normalized spacial score (nSPS) is 10.6. The first-order chi connectivity index (χ1) is 10.6. The summed E-state index contributed by atoms with van der Waals surface area (Å²) in [6.45, 7) is -0.237. The number of fused-ring (bicyclic) bond motifs is 1. The first kappa shape index (κ1) is 14.2. The number of ether oxygens (including phenoxy) is 1. The molecule has 2 nitrogen and oxygen atoms in total. The Morgan fingerprint density at radius 1 is 0.909 bits per heavy atom. The van der Waals surface area contributed by atoms with Crippen molar-refractivity contribution in [1.82, 2.24) is 0 Å². The Bertz CT molecular complexity index is 838. The number of rotatable bonds is 4. The van der Waals surface area contributed by atoms with Crippen molar-refractivity contribution in [2.24, 2.45) is 0 Å². The van der Waals surface area contributed by atoms with Gasteiger partial charge in [-0.15, -0.1) is 0 Å². The Morgan fingerprint density at radius 2 is 1.68 bits per heavy atom. The van der Waals surface area contributed by atoms with Crippen LogP contribution in [-0.2, 0) is 0 Å². The van der Waals surface area contributed by atoms with Gasteiger partial charge in [0.05, 0.1) is 0 Å². The minimum Gasteiger partial charge on any atom is -0.485 e. The van der Waals surface area contributed by atoms with Gasteiger partial charge in [0, 0.05) is 10.9 Å². The number of ketones is 1. The number of hydrogen-bond acceptors (Lipinski definition) is 2. The van der Waals surface area contributed by atoms with Crippen molar-refractivity contribution in [3.8, 4) is 5.75 Å². The predicted molar refractivity (Wildman–Crippen MR) is 80.1 cm³/mol. The van der Waals surface area contributed by atoms with Crippen molar-refractivity contribution in [3.63, 3.8) is 0 Å². The molecule has 0 aliphatic carbocycles. The number of carbonyl (C=O) groups excluding carboxylic acids is 1. The van der Waals surface area contributed by atoms with Crippen molar-refractivity contribution in [1.29, 1.82) is 0 Å². The van der Waals surface area contributed by atoms with Gasteiger partial charge in [0.25, 0.3) is 0 Å². The van der Waals surface area contributed by atoms with Crippen LogP contribution in [0.15, 0.2) is 60.7 Å². The fraction of sp³-hybridized carbons (Fsp3) is 0.0556. The molecule has 0 bridgehead atoms. The van der Waals surface area contributed by atoms with E-state index in [4.69, 9.17) is 4.74 Å². The van der Waals surface area contributed by atoms with Crippen LogP contribution in [0.1, 0.15) is 10.4 Å². The smallest absolute Gasteiger partial charge is 0.200 e. The zero-order chi connectivity index (χ0) is 15.5. The molecule has 3 aromatic rings. The van der Waals surface area contributed by atoms with Gasteiger partial charge in [-0.05, 0) is 29.7 Å². The maximum Gasteiger partial charge on any atom is 0.200 e. The molecule has 0 saturated heterocycles. The monoisotopic (exact) mass is 298 g/mol. The Balaban J connectivity index is 1.79. The molecule has 0 radical (unpaired) electrons. The van der Waals surface area contributed by atoms with Crippen molar-refractivity contribution in [2.45, 2.75) is 0 Å². The summed E-state index contributed by atoms with van der Waals surface area (Å²) in [6, 6.07) is 16.2. The summed E-state index contributed by atoms with van der Waals surface area (Å²) in [5, 5.41) is 1.89. The highest BCUT2D eigenvalue weighted by atomic mass is 19.2. The third kappa shape index (κ3) is 2.81. The lowest BCUT2D eigenvalue weighted by molar-refractivity contribution is 0.0922. The maximum absolute atomic E-state index is 13.1. The summed E-state index contributed by atoms with van der Waals surface area (Å²) in [6.07, 6.45) is 0. The standard InChI is InChI=1S/C18H12F2O2/c19-15-9-8-13(10-16(15)20)17(21)11-22-18-7-3-5-12-4-1-2-6-14(12)18/h1-10H,11H2. The van der Waals surface area contributed by atoms with Gasteiger partial charge in [0.1, 0.15) is 5.75 Å². The van der Waals surface area contributed by atoms with Crippen LogP contribution < -0.4 is 4.74 Å². The molecule has 0 spiro atoms. The maximum atomic E-state index is 13.1. The van der Waals surface area contributed by atoms with Gasteiger partial charge in [-0.2, -0.15) is 0 Å². The van der Waals surface area contributed by atoms with E-state index in [0.717, 1.165) is 22.9 Å². The average Bonchev–Trinajstić information content (AvgIpc) is 2.55. The Morgan fingerprint density at radius 3 is 2.50 bits per heavy atom. The van der Waals surface area contributed by atoms with Gasteiger partial charge in [-0.1, -0.05) is 36.4 Å². The predicted octanol–water partition coefficient (Wildman–Crippen LogP) is 4.38. The van der Waals surface area contributed by atoms with Gasteiger partial charge in [0.2, 0.25) is 0 Å². The van der Waals surface area contributed by atoms with Gasteiger partial charge in [-0.3, -0.25) is 4.79 Å². The molecule has 0 saturated carbocycles. The van der Waals surface area contributed by atoms with Crippen LogP contribution in [0.3, 0.4) is 0 Å². The van der Waals surface area contributed by atoms with E-state index in [9.17, 15) is 13.6 Å². The van der Waals surface area contributed by atoms with Crippen molar-refractivity contribution < 1.29 is 18.3 Å². The van der Waals surface area contributed by atoms with E-state index in [1.54, 1.807) is 6.07 Å². The average molecular weight is 298 g/mol. The highest BCUT2D eigenvalue weighted by Gasteiger charge is 2.11. The van der Waals surface area contributed by atoms with Crippen LogP contribution in [0.2, 0.25) is 0 Å². The van der Waals surface area contributed by atoms with Crippen LogP contribution in [-0.4, -0.2) is 12.4 Å². The van der Waals surface area contributed by atoms with Crippen LogP contribution >= 0.6 is 0 Å². The third-order valence-corrected chi connectivity index (χ3v) is 3.35. The van der Waals surface area contributed by atoms with Gasteiger partial charge in [0.15, 0.2) is 24.0 Å². The quantitative estimate of drug-likeness (QED) is 0.668. The molecule has 0 N–H and O–H groups in total. The molecule has 4 heteroatoms. The second-order valence-corrected chi connectivity index (χ2v) is 4.82. The molecule has 0 heterocycles. The summed E-state index contributed by atoms with van der Waals surface area (Å²) in [4.78, 5) is 12.0. The van der Waals surface area contributed by atoms with E-state index in [2.05, 4.69) is 0 Å². The highest BCUT2D eigenvalue weighted by molar-refractivity contribution is 5.97. The third-order valence-electron chi connectivity index (χ3n) is 3.35. The molecule has 0 atom stereocenters. The van der Waals surface area contributed by atoms with E-state index in [0.29, 0.717) is 5.75 Å². The lowest BCUT2D eigenvalue weighted by Gasteiger charge is -2.09. The van der Waals surface area contributed by atoms with E-state index >= 15 is 0 Å². The zero-order valence-corrected chi connectivity index (χ0v) is 11.6. The second-order valence-electron chi connectivity index (χ2n) is 4.82. The number of Topliss-reactive ketones (excluding diaryl/α,β-unsaturated/α-hetero) is 1. The molecule has 3 aromatic carbocycles. The number of carbonyl (C=O) groups is 1. The van der Waals surface area contributed by atoms with E-state index < -0.39 is 17.4 Å². The van der Waals surface area contributed by atoms with E-state index in [1.165, 1.54) is 6.07 Å². The van der Waals surface area contributed by atoms with Crippen LogP contribution in [0.25, 0.3) is 10.8 Å². The molecular formula is C18H12F2O2. The molecule has 0 aliphatic rings. The number of halogens is 2. The lowest BCUT2D eigenvalue weighted by Crippen LogP contribution is -2.12. The number of benzene rings is 3. The molecule has 22 heavy (non-hydrogen) atoms. The summed E-state index contributed by atoms with van der Waals surface area (Å²) in [5.41, 5.74) is 0.0825. The van der Waals surface area contributed by atoms with Crippen molar-refractivity contribution in [2.75, 3.05) is 6.61 Å². The SMILES string of the molecule is O=C(COc1cccc2ccccc12)c1ccc(F)c(F)c1. The molecule has 0 unspecified atom stereocenters. The second kappa shape index (κ2) is 5.93. The largest absolute Gasteiger partial charge is 0.485 e. The minimum absolute atomic E-state index is 0.0825. The van der Waals surface area contributed by atoms with Crippen LogP contribution in [0, 0.1) is 11.6 Å². The zero-order valence-electron chi connectivity index (χ0n) is 11.6. The van der Waals surface area contributed by atoms with Gasteiger partial charge >= 0.3 is 0 Å². The molecule has 0 fully saturated rings. The Kier molecular flexibility index (Phi) is 3.83. The molecule has 3 rings (SSSR count). The van der Waals surface area contributed by atoms with Crippen molar-refractivity contribution in [3.05, 3.63) is 77.9 Å². The fourth-order valence-electron chi connectivity index (χ4n) is 2.22. The topological polar surface area (TPSA) is 26.3 Å². The minimum atomic E-state index is -1.05. The fourth-order valence-corrected chi connectivity index (χ4v) is 2.22. The number of hydrogen-bond donors (Lipinski definition) is 0. The molecule has 110 valence electrons. The van der Waals surface area contributed by atoms with Gasteiger partial charge < -0.3 is 4.74 Å². The van der Waals surface area contributed by atoms with E-state index in [1.807, 2.05) is 36.4 Å². The van der Waals surface area contributed by atoms with Crippen LogP contribution in [0.5, 0.6) is 5.75 Å². The van der Waals surface area contributed by atoms with E-state index in [-0.39, 0.29) is 12.2 Å². The van der Waals surface area contributed by atoms with Gasteiger partial charge in [-0.25, -0.2) is 8.78 Å². The Hall–Kier alpha value is -2.75. The van der Waals surface area contributed by atoms with Crippen LogP contribution in [0.4, 0.5) is 8.78 Å². The lowest BCUT2D eigenvalue weighted by atomic mass is 10.1. The summed E-state index contributed by atoms with van der Waals surface area (Å²) in [5.74, 6) is -1.86. The highest BCUT2D eigenvalue weighted by Crippen LogP contribution is 2.25. The summed E-state index contributed by atoms with van der Waals surface area (Å²) in [7, 11) is 0. The Labute approximate surface area is 126 Å². The molecule has 0 aromatic heterocycles. The first-order valence-electron chi connectivity index (χ1n) is 6.74. The first-order valence-corrected chi connectivity index (χ1v) is 6.74. The van der Waals surface area contributed by atoms with Crippen molar-refractivity contribution >= 4 is 16.6 Å². The molecule has 0 amide bonds.